The lowest BCUT2D eigenvalue weighted by Crippen LogP contribution is -2.53. The zero-order chi connectivity index (χ0) is 14.9. The van der Waals surface area contributed by atoms with E-state index in [4.69, 9.17) is 14.2 Å². The van der Waals surface area contributed by atoms with Crippen molar-refractivity contribution in [1.29, 1.82) is 0 Å². The molecule has 0 radical (unpaired) electrons. The van der Waals surface area contributed by atoms with Crippen molar-refractivity contribution in [1.82, 2.24) is 10.2 Å². The van der Waals surface area contributed by atoms with Gasteiger partial charge in [0.2, 0.25) is 0 Å². The van der Waals surface area contributed by atoms with E-state index in [-0.39, 0.29) is 36.2 Å². The van der Waals surface area contributed by atoms with Gasteiger partial charge in [-0.3, -0.25) is 4.99 Å². The monoisotopic (exact) mass is 427 g/mol. The van der Waals surface area contributed by atoms with Crippen LogP contribution in [0.15, 0.2) is 4.99 Å². The van der Waals surface area contributed by atoms with E-state index in [2.05, 4.69) is 22.1 Å². The molecular formula is C15H30IN3O3. The molecule has 0 amide bonds. The van der Waals surface area contributed by atoms with Crippen LogP contribution in [0.3, 0.4) is 0 Å². The van der Waals surface area contributed by atoms with Gasteiger partial charge < -0.3 is 24.4 Å². The van der Waals surface area contributed by atoms with Crippen LogP contribution in [-0.2, 0) is 14.2 Å². The Labute approximate surface area is 151 Å². The number of aliphatic imine (C=N–C) groups is 1. The van der Waals surface area contributed by atoms with E-state index < -0.39 is 0 Å². The number of hydrogen-bond acceptors (Lipinski definition) is 4. The Morgan fingerprint density at radius 3 is 2.77 bits per heavy atom. The van der Waals surface area contributed by atoms with E-state index in [1.54, 1.807) is 0 Å². The molecule has 0 saturated carbocycles. The molecule has 2 aliphatic rings. The van der Waals surface area contributed by atoms with Crippen LogP contribution in [0.4, 0.5) is 0 Å². The van der Waals surface area contributed by atoms with E-state index >= 15 is 0 Å². The second-order valence-electron chi connectivity index (χ2n) is 5.34. The number of morpholine rings is 1. The molecule has 1 N–H and O–H groups in total. The van der Waals surface area contributed by atoms with Crippen molar-refractivity contribution < 1.29 is 14.2 Å². The minimum absolute atomic E-state index is 0. The first kappa shape index (κ1) is 19.9. The fourth-order valence-corrected chi connectivity index (χ4v) is 2.77. The summed E-state index contributed by atoms with van der Waals surface area (Å²) in [5, 5.41) is 3.36. The highest BCUT2D eigenvalue weighted by Crippen LogP contribution is 2.20. The minimum atomic E-state index is 0. The molecule has 2 aliphatic heterocycles. The number of hydrogen-bond donors (Lipinski definition) is 1. The second kappa shape index (κ2) is 11.4. The smallest absolute Gasteiger partial charge is 0.194 e. The first-order valence-electron chi connectivity index (χ1n) is 8.19. The van der Waals surface area contributed by atoms with Gasteiger partial charge in [-0.05, 0) is 26.7 Å². The normalized spacial score (nSPS) is 25.9. The molecular weight excluding hydrogens is 397 g/mol. The van der Waals surface area contributed by atoms with Gasteiger partial charge in [-0.1, -0.05) is 0 Å². The van der Waals surface area contributed by atoms with Crippen molar-refractivity contribution in [3.8, 4) is 0 Å². The number of ether oxygens (including phenoxy) is 3. The molecule has 2 fully saturated rings. The Balaban J connectivity index is 0.00000242. The van der Waals surface area contributed by atoms with Crippen LogP contribution in [0.5, 0.6) is 0 Å². The van der Waals surface area contributed by atoms with Crippen LogP contribution in [-0.4, -0.2) is 75.7 Å². The Morgan fingerprint density at radius 1 is 1.27 bits per heavy atom. The summed E-state index contributed by atoms with van der Waals surface area (Å²) in [6, 6.07) is 0. The summed E-state index contributed by atoms with van der Waals surface area (Å²) in [6.45, 7) is 10.4. The highest BCUT2D eigenvalue weighted by atomic mass is 127. The molecule has 2 unspecified atom stereocenters. The van der Waals surface area contributed by atoms with Gasteiger partial charge in [-0.2, -0.15) is 0 Å². The molecule has 130 valence electrons. The highest BCUT2D eigenvalue weighted by Gasteiger charge is 2.32. The fraction of sp³-hybridized carbons (Fsp3) is 0.933. The molecule has 2 rings (SSSR count). The molecule has 2 atom stereocenters. The van der Waals surface area contributed by atoms with Gasteiger partial charge >= 0.3 is 0 Å². The van der Waals surface area contributed by atoms with Crippen molar-refractivity contribution in [2.24, 2.45) is 4.99 Å². The van der Waals surface area contributed by atoms with Crippen molar-refractivity contribution in [2.45, 2.75) is 38.9 Å². The fourth-order valence-electron chi connectivity index (χ4n) is 2.77. The summed E-state index contributed by atoms with van der Waals surface area (Å²) in [5.41, 5.74) is 0. The summed E-state index contributed by atoms with van der Waals surface area (Å²) in [5.74, 6) is 0.962. The Bertz CT molecular complexity index is 325. The van der Waals surface area contributed by atoms with E-state index in [1.807, 2.05) is 6.92 Å². The lowest BCUT2D eigenvalue weighted by Gasteiger charge is -2.37. The van der Waals surface area contributed by atoms with Crippen LogP contribution in [0.2, 0.25) is 0 Å². The summed E-state index contributed by atoms with van der Waals surface area (Å²) < 4.78 is 17.0. The molecule has 0 aromatic heterocycles. The maximum absolute atomic E-state index is 5.89. The molecule has 0 bridgehead atoms. The number of halogens is 1. The minimum Gasteiger partial charge on any atom is -0.380 e. The van der Waals surface area contributed by atoms with Gasteiger partial charge in [0, 0.05) is 32.8 Å². The van der Waals surface area contributed by atoms with E-state index in [9.17, 15) is 0 Å². The van der Waals surface area contributed by atoms with Crippen molar-refractivity contribution in [2.75, 3.05) is 52.6 Å². The predicted octanol–water partition coefficient (Wildman–Crippen LogP) is 1.49. The lowest BCUT2D eigenvalue weighted by atomic mass is 10.1. The van der Waals surface area contributed by atoms with Crippen LogP contribution < -0.4 is 5.32 Å². The quantitative estimate of drug-likeness (QED) is 0.301. The average molecular weight is 427 g/mol. The zero-order valence-corrected chi connectivity index (χ0v) is 16.1. The summed E-state index contributed by atoms with van der Waals surface area (Å²) >= 11 is 0. The number of guanidine groups is 1. The summed E-state index contributed by atoms with van der Waals surface area (Å²) in [6.07, 6.45) is 2.67. The summed E-state index contributed by atoms with van der Waals surface area (Å²) in [7, 11) is 0. The van der Waals surface area contributed by atoms with Crippen LogP contribution in [0, 0.1) is 0 Å². The Hall–Kier alpha value is -0.120. The maximum Gasteiger partial charge on any atom is 0.194 e. The lowest BCUT2D eigenvalue weighted by molar-refractivity contribution is -0.0817. The third-order valence-corrected chi connectivity index (χ3v) is 3.81. The van der Waals surface area contributed by atoms with Crippen LogP contribution >= 0.6 is 24.0 Å². The predicted molar refractivity (Wildman–Crippen MR) is 98.2 cm³/mol. The molecule has 0 spiro atoms. The maximum atomic E-state index is 5.89. The summed E-state index contributed by atoms with van der Waals surface area (Å²) in [4.78, 5) is 6.93. The van der Waals surface area contributed by atoms with Crippen LogP contribution in [0.25, 0.3) is 0 Å². The number of nitrogens with zero attached hydrogens (tertiary/aromatic N) is 2. The molecule has 0 aromatic carbocycles. The molecule has 0 aromatic rings. The SMILES string of the molecule is CCNC(=NCCOCC)N1CCOC(C2CCCO2)C1.I. The Kier molecular flexibility index (Phi) is 10.3. The molecule has 2 heterocycles. The van der Waals surface area contributed by atoms with Gasteiger partial charge in [-0.25, -0.2) is 0 Å². The topological polar surface area (TPSA) is 55.3 Å². The molecule has 0 aliphatic carbocycles. The van der Waals surface area contributed by atoms with Crippen molar-refractivity contribution >= 4 is 29.9 Å². The van der Waals surface area contributed by atoms with Crippen molar-refractivity contribution in [3.63, 3.8) is 0 Å². The standard InChI is InChI=1S/C15H29N3O3.HI/c1-3-16-15(17-7-10-19-4-2)18-8-11-21-14(12-18)13-6-5-9-20-13;/h13-14H,3-12H2,1-2H3,(H,16,17);1H. The number of nitrogens with one attached hydrogen (secondary N) is 1. The van der Waals surface area contributed by atoms with Gasteiger partial charge in [0.1, 0.15) is 6.10 Å². The van der Waals surface area contributed by atoms with Crippen molar-refractivity contribution in [3.05, 3.63) is 0 Å². The largest absolute Gasteiger partial charge is 0.380 e. The third-order valence-electron chi connectivity index (χ3n) is 3.81. The zero-order valence-electron chi connectivity index (χ0n) is 13.8. The first-order valence-corrected chi connectivity index (χ1v) is 8.19. The molecule has 7 heteroatoms. The molecule has 6 nitrogen and oxygen atoms in total. The molecule has 2 saturated heterocycles. The average Bonchev–Trinajstić information content (AvgIpc) is 3.05. The third kappa shape index (κ3) is 6.17. The Morgan fingerprint density at radius 2 is 2.09 bits per heavy atom. The van der Waals surface area contributed by atoms with E-state index in [0.717, 1.165) is 58.3 Å². The number of rotatable bonds is 6. The first-order chi connectivity index (χ1) is 10.3. The van der Waals surface area contributed by atoms with Crippen LogP contribution in [0.1, 0.15) is 26.7 Å². The van der Waals surface area contributed by atoms with Gasteiger partial charge in [-0.15, -0.1) is 24.0 Å². The van der Waals surface area contributed by atoms with E-state index in [1.165, 1.54) is 0 Å². The van der Waals surface area contributed by atoms with Gasteiger partial charge in [0.15, 0.2) is 5.96 Å². The van der Waals surface area contributed by atoms with Gasteiger partial charge in [0.05, 0.1) is 25.9 Å². The highest BCUT2D eigenvalue weighted by molar-refractivity contribution is 14.0. The second-order valence-corrected chi connectivity index (χ2v) is 5.34. The van der Waals surface area contributed by atoms with E-state index in [0.29, 0.717) is 13.2 Å². The molecule has 22 heavy (non-hydrogen) atoms. The van der Waals surface area contributed by atoms with Gasteiger partial charge in [0.25, 0.3) is 0 Å².